The summed E-state index contributed by atoms with van der Waals surface area (Å²) in [5.41, 5.74) is -0.893. The Morgan fingerprint density at radius 3 is 2.48 bits per heavy atom. The largest absolute Gasteiger partial charge is 0.478 e. The average Bonchev–Trinajstić information content (AvgIpc) is 2.40. The SMILES string of the molecule is O=C(O)c1cc(Cl)ccc1Sc1ccc(C(F)(F)F)cn1. The van der Waals surface area contributed by atoms with Crippen LogP contribution in [0.2, 0.25) is 5.02 Å². The van der Waals surface area contributed by atoms with E-state index in [-0.39, 0.29) is 15.6 Å². The number of aromatic nitrogens is 1. The van der Waals surface area contributed by atoms with Crippen LogP contribution in [0.4, 0.5) is 13.2 Å². The fourth-order valence-corrected chi connectivity index (χ4v) is 2.51. The van der Waals surface area contributed by atoms with Crippen LogP contribution in [-0.4, -0.2) is 16.1 Å². The topological polar surface area (TPSA) is 50.2 Å². The Morgan fingerprint density at radius 2 is 1.95 bits per heavy atom. The third-order valence-corrected chi connectivity index (χ3v) is 3.71. The average molecular weight is 334 g/mol. The van der Waals surface area contributed by atoms with E-state index in [0.29, 0.717) is 11.1 Å². The highest BCUT2D eigenvalue weighted by Gasteiger charge is 2.30. The molecule has 8 heteroatoms. The molecule has 0 saturated heterocycles. The molecule has 0 aliphatic carbocycles. The molecule has 2 aromatic rings. The smallest absolute Gasteiger partial charge is 0.417 e. The molecule has 3 nitrogen and oxygen atoms in total. The number of carboxylic acid groups (broad SMARTS) is 1. The van der Waals surface area contributed by atoms with Crippen LogP contribution in [0, 0.1) is 0 Å². The van der Waals surface area contributed by atoms with Crippen LogP contribution >= 0.6 is 23.4 Å². The molecule has 0 amide bonds. The minimum absolute atomic E-state index is 0.0332. The molecule has 0 saturated carbocycles. The van der Waals surface area contributed by atoms with Gasteiger partial charge in [-0.2, -0.15) is 13.2 Å². The van der Waals surface area contributed by atoms with Gasteiger partial charge in [0.1, 0.15) is 5.03 Å². The molecule has 0 radical (unpaired) electrons. The zero-order valence-electron chi connectivity index (χ0n) is 10.2. The molecular formula is C13H7ClF3NO2S. The zero-order valence-corrected chi connectivity index (χ0v) is 11.8. The number of halogens is 4. The first-order valence-corrected chi connectivity index (χ1v) is 6.71. The molecule has 0 fully saturated rings. The lowest BCUT2D eigenvalue weighted by Crippen LogP contribution is -2.05. The van der Waals surface area contributed by atoms with Gasteiger partial charge in [0.15, 0.2) is 0 Å². The number of carbonyl (C=O) groups is 1. The zero-order chi connectivity index (χ0) is 15.6. The van der Waals surface area contributed by atoms with Crippen LogP contribution in [0.15, 0.2) is 46.5 Å². The standard InChI is InChI=1S/C13H7ClF3NO2S/c14-8-2-3-10(9(5-8)12(19)20)21-11-4-1-7(6-18-11)13(15,16)17/h1-6H,(H,19,20). The molecule has 0 bridgehead atoms. The summed E-state index contributed by atoms with van der Waals surface area (Å²) in [5, 5.41) is 9.60. The van der Waals surface area contributed by atoms with Crippen LogP contribution in [0.3, 0.4) is 0 Å². The number of rotatable bonds is 3. The number of carboxylic acids is 1. The van der Waals surface area contributed by atoms with Crippen LogP contribution in [0.25, 0.3) is 0 Å². The predicted molar refractivity (Wildman–Crippen MR) is 71.8 cm³/mol. The third kappa shape index (κ3) is 3.89. The summed E-state index contributed by atoms with van der Waals surface area (Å²) >= 11 is 6.67. The molecule has 1 N–H and O–H groups in total. The Hall–Kier alpha value is -1.73. The summed E-state index contributed by atoms with van der Waals surface area (Å²) in [6.45, 7) is 0. The van der Waals surface area contributed by atoms with Gasteiger partial charge in [0.2, 0.25) is 0 Å². The molecule has 0 aliphatic rings. The van der Waals surface area contributed by atoms with Gasteiger partial charge in [-0.15, -0.1) is 0 Å². The summed E-state index contributed by atoms with van der Waals surface area (Å²) < 4.78 is 37.3. The molecule has 0 unspecified atom stereocenters. The highest BCUT2D eigenvalue weighted by molar-refractivity contribution is 7.99. The third-order valence-electron chi connectivity index (χ3n) is 2.45. The van der Waals surface area contributed by atoms with Gasteiger partial charge in [0, 0.05) is 16.1 Å². The fraction of sp³-hybridized carbons (Fsp3) is 0.0769. The van der Waals surface area contributed by atoms with Gasteiger partial charge >= 0.3 is 12.1 Å². The monoisotopic (exact) mass is 333 g/mol. The Morgan fingerprint density at radius 1 is 1.24 bits per heavy atom. The maximum Gasteiger partial charge on any atom is 0.417 e. The van der Waals surface area contributed by atoms with Gasteiger partial charge in [-0.05, 0) is 30.3 Å². The Kier molecular flexibility index (Phi) is 4.43. The first-order chi connectivity index (χ1) is 9.77. The van der Waals surface area contributed by atoms with Crippen molar-refractivity contribution in [1.82, 2.24) is 4.98 Å². The first-order valence-electron chi connectivity index (χ1n) is 5.51. The fourth-order valence-electron chi connectivity index (χ4n) is 1.48. The normalized spacial score (nSPS) is 11.4. The Labute approximate surface area is 126 Å². The van der Waals surface area contributed by atoms with Crippen molar-refractivity contribution in [2.24, 2.45) is 0 Å². The lowest BCUT2D eigenvalue weighted by molar-refractivity contribution is -0.137. The van der Waals surface area contributed by atoms with Gasteiger partial charge < -0.3 is 5.11 Å². The predicted octanol–water partition coefficient (Wildman–Crippen LogP) is 4.60. The van der Waals surface area contributed by atoms with Gasteiger partial charge in [-0.3, -0.25) is 0 Å². The second-order valence-electron chi connectivity index (χ2n) is 3.93. The first kappa shape index (κ1) is 15.7. The quantitative estimate of drug-likeness (QED) is 0.891. The van der Waals surface area contributed by atoms with E-state index < -0.39 is 17.7 Å². The van der Waals surface area contributed by atoms with E-state index in [0.717, 1.165) is 17.8 Å². The minimum Gasteiger partial charge on any atom is -0.478 e. The van der Waals surface area contributed by atoms with Crippen molar-refractivity contribution in [3.8, 4) is 0 Å². The van der Waals surface area contributed by atoms with Crippen LogP contribution in [0.5, 0.6) is 0 Å². The Balaban J connectivity index is 2.28. The van der Waals surface area contributed by atoms with Gasteiger partial charge in [0.25, 0.3) is 0 Å². The summed E-state index contributed by atoms with van der Waals surface area (Å²) in [6.07, 6.45) is -3.75. The van der Waals surface area contributed by atoms with Crippen molar-refractivity contribution in [3.63, 3.8) is 0 Å². The lowest BCUT2D eigenvalue weighted by atomic mass is 10.2. The lowest BCUT2D eigenvalue weighted by Gasteiger charge is -2.08. The number of benzene rings is 1. The van der Waals surface area contributed by atoms with Crippen molar-refractivity contribution >= 4 is 29.3 Å². The molecular weight excluding hydrogens is 327 g/mol. The number of hydrogen-bond donors (Lipinski definition) is 1. The van der Waals surface area contributed by atoms with E-state index in [9.17, 15) is 18.0 Å². The van der Waals surface area contributed by atoms with E-state index in [2.05, 4.69) is 4.98 Å². The second kappa shape index (κ2) is 5.95. The van der Waals surface area contributed by atoms with Crippen molar-refractivity contribution in [2.45, 2.75) is 16.1 Å². The number of aromatic carboxylic acids is 1. The Bertz CT molecular complexity index is 674. The van der Waals surface area contributed by atoms with E-state index >= 15 is 0 Å². The minimum atomic E-state index is -4.46. The van der Waals surface area contributed by atoms with Crippen LogP contribution < -0.4 is 0 Å². The van der Waals surface area contributed by atoms with E-state index in [4.69, 9.17) is 16.7 Å². The molecule has 1 heterocycles. The molecule has 1 aromatic heterocycles. The van der Waals surface area contributed by atoms with Gasteiger partial charge in [-0.1, -0.05) is 23.4 Å². The molecule has 2 rings (SSSR count). The van der Waals surface area contributed by atoms with E-state index in [1.165, 1.54) is 24.3 Å². The highest BCUT2D eigenvalue weighted by atomic mass is 35.5. The van der Waals surface area contributed by atoms with Crippen LogP contribution in [0.1, 0.15) is 15.9 Å². The van der Waals surface area contributed by atoms with E-state index in [1.54, 1.807) is 0 Å². The number of nitrogens with zero attached hydrogens (tertiary/aromatic N) is 1. The number of hydrogen-bond acceptors (Lipinski definition) is 3. The van der Waals surface area contributed by atoms with Crippen molar-refractivity contribution in [1.29, 1.82) is 0 Å². The number of alkyl halides is 3. The van der Waals surface area contributed by atoms with Crippen molar-refractivity contribution in [2.75, 3.05) is 0 Å². The van der Waals surface area contributed by atoms with Crippen LogP contribution in [-0.2, 0) is 6.18 Å². The summed E-state index contributed by atoms with van der Waals surface area (Å²) in [4.78, 5) is 15.1. The molecule has 0 atom stereocenters. The maximum atomic E-state index is 12.4. The van der Waals surface area contributed by atoms with Gasteiger partial charge in [-0.25, -0.2) is 9.78 Å². The number of pyridine rings is 1. The van der Waals surface area contributed by atoms with Crippen molar-refractivity contribution in [3.05, 3.63) is 52.7 Å². The summed E-state index contributed by atoms with van der Waals surface area (Å²) in [5.74, 6) is -1.17. The molecule has 21 heavy (non-hydrogen) atoms. The molecule has 110 valence electrons. The molecule has 0 spiro atoms. The summed E-state index contributed by atoms with van der Waals surface area (Å²) in [6, 6.07) is 6.34. The van der Waals surface area contributed by atoms with Gasteiger partial charge in [0.05, 0.1) is 11.1 Å². The highest BCUT2D eigenvalue weighted by Crippen LogP contribution is 2.33. The molecule has 1 aromatic carbocycles. The maximum absolute atomic E-state index is 12.4. The van der Waals surface area contributed by atoms with E-state index in [1.807, 2.05) is 0 Å². The second-order valence-corrected chi connectivity index (χ2v) is 5.43. The summed E-state index contributed by atoms with van der Waals surface area (Å²) in [7, 11) is 0. The molecule has 0 aliphatic heterocycles. The van der Waals surface area contributed by atoms with Crippen molar-refractivity contribution < 1.29 is 23.1 Å².